The summed E-state index contributed by atoms with van der Waals surface area (Å²) < 4.78 is 0. The first kappa shape index (κ1) is 10.9. The van der Waals surface area contributed by atoms with Crippen LogP contribution in [0.15, 0.2) is 9.98 Å². The number of hydrogen-bond donors (Lipinski definition) is 0. The van der Waals surface area contributed by atoms with Crippen LogP contribution in [0.2, 0.25) is 16.6 Å². The summed E-state index contributed by atoms with van der Waals surface area (Å²) in [7, 11) is 0. The molecular weight excluding hydrogens is 199 g/mol. The Morgan fingerprint density at radius 3 is 2.55 bits per heavy atom. The monoisotopic (exact) mass is 216 g/mol. The average molecular weight is 216 g/mol. The Bertz CT molecular complexity index is 137. The van der Waals surface area contributed by atoms with Crippen molar-refractivity contribution in [2.75, 3.05) is 13.1 Å². The molecule has 0 unspecified atom stereocenters. The second kappa shape index (κ2) is 8.04. The molecule has 11 heavy (non-hydrogen) atoms. The first-order valence-corrected chi connectivity index (χ1v) is 9.08. The van der Waals surface area contributed by atoms with Crippen LogP contribution in [0, 0.1) is 0 Å². The zero-order valence-electron chi connectivity index (χ0n) is 7.67. The fraction of sp³-hybridized carbons (Fsp3) is 0.875. The average Bonchev–Trinajstić information content (AvgIpc) is 1.96. The van der Waals surface area contributed by atoms with Crippen LogP contribution in [0.4, 0.5) is 0 Å². The predicted octanol–water partition coefficient (Wildman–Crippen LogP) is 2.32. The Morgan fingerprint density at radius 1 is 1.27 bits per heavy atom. The van der Waals surface area contributed by atoms with E-state index in [4.69, 9.17) is 0 Å². The first-order valence-electron chi connectivity index (χ1n) is 4.00. The maximum absolute atomic E-state index is 4.04. The Labute approximate surface area is 74.1 Å². The number of hydrogen-bond acceptors (Lipinski definition) is 2. The summed E-state index contributed by atoms with van der Waals surface area (Å²) in [5.74, 6) is 0. The topological polar surface area (TPSA) is 24.7 Å². The maximum atomic E-state index is 4.04. The van der Waals surface area contributed by atoms with E-state index in [-0.39, 0.29) is 0 Å². The molecule has 0 amide bonds. The predicted molar refractivity (Wildman–Crippen MR) is 52.2 cm³/mol. The quantitative estimate of drug-likeness (QED) is 0.383. The van der Waals surface area contributed by atoms with Crippen LogP contribution in [-0.2, 0) is 0 Å². The molecule has 0 saturated carbocycles. The van der Waals surface area contributed by atoms with Crippen LogP contribution in [0.1, 0.15) is 13.3 Å². The van der Waals surface area contributed by atoms with Gasteiger partial charge >= 0.3 is 73.7 Å². The summed E-state index contributed by atoms with van der Waals surface area (Å²) >= 11 is -0.404. The molecule has 0 bridgehead atoms. The van der Waals surface area contributed by atoms with Gasteiger partial charge in [0.25, 0.3) is 0 Å². The molecule has 0 saturated heterocycles. The molecule has 0 atom stereocenters. The van der Waals surface area contributed by atoms with Crippen molar-refractivity contribution in [1.82, 2.24) is 0 Å². The van der Waals surface area contributed by atoms with Crippen molar-refractivity contribution in [1.29, 1.82) is 0 Å². The summed E-state index contributed by atoms with van der Waals surface area (Å²) in [6, 6.07) is 2.67. The first-order chi connectivity index (χ1) is 5.27. The second-order valence-corrected chi connectivity index (χ2v) is 8.08. The van der Waals surface area contributed by atoms with Crippen molar-refractivity contribution in [2.24, 2.45) is 9.98 Å². The van der Waals surface area contributed by atoms with E-state index in [9.17, 15) is 0 Å². The van der Waals surface area contributed by atoms with Gasteiger partial charge in [-0.05, 0) is 0 Å². The van der Waals surface area contributed by atoms with Crippen molar-refractivity contribution in [3.63, 3.8) is 0 Å². The van der Waals surface area contributed by atoms with Gasteiger partial charge < -0.3 is 0 Å². The Kier molecular flexibility index (Phi) is 7.99. The summed E-state index contributed by atoms with van der Waals surface area (Å²) in [6.45, 7) is 3.70. The molecule has 0 aliphatic rings. The van der Waals surface area contributed by atoms with Crippen LogP contribution in [-0.4, -0.2) is 33.7 Å². The van der Waals surface area contributed by atoms with E-state index in [0.29, 0.717) is 0 Å². The molecule has 0 fully saturated rings. The zero-order chi connectivity index (χ0) is 8.53. The van der Waals surface area contributed by atoms with E-state index < -0.39 is 14.7 Å². The summed E-state index contributed by atoms with van der Waals surface area (Å²) in [5.41, 5.74) is 4.74. The van der Waals surface area contributed by atoms with Crippen LogP contribution < -0.4 is 0 Å². The van der Waals surface area contributed by atoms with Gasteiger partial charge in [0.05, 0.1) is 0 Å². The van der Waals surface area contributed by atoms with Gasteiger partial charge in [-0.2, -0.15) is 0 Å². The molecule has 0 radical (unpaired) electrons. The molecule has 0 spiro atoms. The van der Waals surface area contributed by atoms with Gasteiger partial charge in [-0.15, -0.1) is 0 Å². The van der Waals surface area contributed by atoms with Crippen LogP contribution in [0.5, 0.6) is 0 Å². The third kappa shape index (κ3) is 9.94. The minimum atomic E-state index is -0.404. The van der Waals surface area contributed by atoms with E-state index >= 15 is 0 Å². The second-order valence-electron chi connectivity index (χ2n) is 2.61. The van der Waals surface area contributed by atoms with Crippen LogP contribution in [0.25, 0.3) is 0 Å². The normalized spacial score (nSPS) is 9.45. The molecule has 0 aromatic heterocycles. The van der Waals surface area contributed by atoms with Gasteiger partial charge in [0.15, 0.2) is 0 Å². The fourth-order valence-electron chi connectivity index (χ4n) is 0.637. The summed E-state index contributed by atoms with van der Waals surface area (Å²) in [5, 5.41) is 1.39. The zero-order valence-corrected chi connectivity index (χ0v) is 9.55. The minimum absolute atomic E-state index is 0.404. The Hall–Kier alpha value is -0.0616. The third-order valence-corrected chi connectivity index (χ3v) is 3.71. The van der Waals surface area contributed by atoms with Gasteiger partial charge in [0.1, 0.15) is 0 Å². The van der Waals surface area contributed by atoms with E-state index in [1.165, 1.54) is 11.6 Å². The van der Waals surface area contributed by atoms with E-state index in [2.05, 4.69) is 27.4 Å². The van der Waals surface area contributed by atoms with Gasteiger partial charge in [0, 0.05) is 0 Å². The summed E-state index contributed by atoms with van der Waals surface area (Å²) in [6.07, 6.45) is 1.22. The number of nitrogens with zero attached hydrogens (tertiary/aromatic N) is 2. The van der Waals surface area contributed by atoms with Gasteiger partial charge in [-0.25, -0.2) is 0 Å². The molecule has 64 valence electrons. The SMILES string of the molecule is CCN=C=NCCC[As](C)C. The molecule has 0 rings (SSSR count). The molecular formula is C8H17AsN2. The number of aliphatic imine (C=N–C) groups is 2. The third-order valence-electron chi connectivity index (χ3n) is 1.17. The molecule has 0 N–H and O–H groups in total. The van der Waals surface area contributed by atoms with Gasteiger partial charge in [0.2, 0.25) is 0 Å². The van der Waals surface area contributed by atoms with E-state index in [1.54, 1.807) is 0 Å². The molecule has 0 aliphatic heterocycles. The molecule has 0 aromatic rings. The van der Waals surface area contributed by atoms with E-state index in [1.807, 2.05) is 6.92 Å². The van der Waals surface area contributed by atoms with Gasteiger partial charge in [-0.3, -0.25) is 0 Å². The Balaban J connectivity index is 3.20. The van der Waals surface area contributed by atoms with Crippen LogP contribution in [0.3, 0.4) is 0 Å². The van der Waals surface area contributed by atoms with Crippen LogP contribution >= 0.6 is 0 Å². The Morgan fingerprint density at radius 2 is 2.00 bits per heavy atom. The fourth-order valence-corrected chi connectivity index (χ4v) is 2.26. The summed E-state index contributed by atoms with van der Waals surface area (Å²) in [4.78, 5) is 7.92. The van der Waals surface area contributed by atoms with Crippen molar-refractivity contribution < 1.29 is 0 Å². The van der Waals surface area contributed by atoms with E-state index in [0.717, 1.165) is 13.1 Å². The standard InChI is InChI=1S/C8H17AsN2/c1-4-10-8-11-7-5-6-9(2)3/h4-7H2,1-3H3. The van der Waals surface area contributed by atoms with Crippen molar-refractivity contribution in [3.05, 3.63) is 0 Å². The van der Waals surface area contributed by atoms with Crippen molar-refractivity contribution >= 4 is 20.7 Å². The van der Waals surface area contributed by atoms with Gasteiger partial charge in [-0.1, -0.05) is 0 Å². The molecule has 0 aliphatic carbocycles. The molecule has 2 nitrogen and oxygen atoms in total. The van der Waals surface area contributed by atoms with Crippen molar-refractivity contribution in [3.8, 4) is 0 Å². The molecule has 3 heteroatoms. The molecule has 0 aromatic carbocycles. The van der Waals surface area contributed by atoms with Crippen molar-refractivity contribution in [2.45, 2.75) is 30.0 Å². The number of rotatable bonds is 5. The molecule has 0 heterocycles.